The fourth-order valence-corrected chi connectivity index (χ4v) is 1.81. The summed E-state index contributed by atoms with van der Waals surface area (Å²) in [5.41, 5.74) is 1.05. The summed E-state index contributed by atoms with van der Waals surface area (Å²) in [6.45, 7) is 1.57. The van der Waals surface area contributed by atoms with Crippen molar-refractivity contribution in [3.63, 3.8) is 0 Å². The lowest BCUT2D eigenvalue weighted by Gasteiger charge is -2.07. The molecule has 0 aliphatic carbocycles. The molecule has 2 nitrogen and oxygen atoms in total. The summed E-state index contributed by atoms with van der Waals surface area (Å²) in [6, 6.07) is 8.33. The van der Waals surface area contributed by atoms with Crippen LogP contribution in [0, 0.1) is 18.6 Å². The van der Waals surface area contributed by atoms with Gasteiger partial charge in [0.1, 0.15) is 11.6 Å². The Morgan fingerprint density at radius 2 is 1.84 bits per heavy atom. The second-order valence-electron chi connectivity index (χ2n) is 4.05. The van der Waals surface area contributed by atoms with Crippen LogP contribution in [0.1, 0.15) is 15.9 Å². The van der Waals surface area contributed by atoms with Gasteiger partial charge in [-0.25, -0.2) is 8.78 Å². The van der Waals surface area contributed by atoms with E-state index in [1.165, 1.54) is 30.3 Å². The first-order valence-corrected chi connectivity index (χ1v) is 6.29. The highest BCUT2D eigenvalue weighted by molar-refractivity contribution is 9.10. The van der Waals surface area contributed by atoms with E-state index in [-0.39, 0.29) is 5.82 Å². The van der Waals surface area contributed by atoms with Crippen molar-refractivity contribution in [1.82, 2.24) is 0 Å². The fraction of sp³-hybridized carbons (Fsp3) is 0.0714. The molecule has 0 heterocycles. The number of carbonyl (C=O) groups is 1. The molecular weight excluding hydrogens is 316 g/mol. The van der Waals surface area contributed by atoms with Crippen LogP contribution in [0.4, 0.5) is 14.5 Å². The summed E-state index contributed by atoms with van der Waals surface area (Å²) in [7, 11) is 0. The zero-order valence-corrected chi connectivity index (χ0v) is 11.6. The Morgan fingerprint density at radius 1 is 1.11 bits per heavy atom. The Labute approximate surface area is 117 Å². The van der Waals surface area contributed by atoms with E-state index in [0.717, 1.165) is 0 Å². The fourth-order valence-electron chi connectivity index (χ4n) is 1.56. The van der Waals surface area contributed by atoms with Crippen molar-refractivity contribution in [2.45, 2.75) is 6.92 Å². The summed E-state index contributed by atoms with van der Waals surface area (Å²) >= 11 is 3.03. The SMILES string of the molecule is Cc1cc(C(=O)Nc2ccc(Br)c(F)c2)ccc1F. The maximum Gasteiger partial charge on any atom is 0.255 e. The molecule has 0 aliphatic rings. The van der Waals surface area contributed by atoms with Crippen LogP contribution in [-0.4, -0.2) is 5.91 Å². The minimum Gasteiger partial charge on any atom is -0.322 e. The Morgan fingerprint density at radius 3 is 2.47 bits per heavy atom. The van der Waals surface area contributed by atoms with E-state index in [1.807, 2.05) is 0 Å². The molecule has 1 N–H and O–H groups in total. The normalized spacial score (nSPS) is 10.3. The van der Waals surface area contributed by atoms with Crippen LogP contribution < -0.4 is 5.32 Å². The number of hydrogen-bond donors (Lipinski definition) is 1. The van der Waals surface area contributed by atoms with Crippen molar-refractivity contribution in [1.29, 1.82) is 0 Å². The summed E-state index contributed by atoms with van der Waals surface area (Å²) in [5.74, 6) is -1.25. The second-order valence-corrected chi connectivity index (χ2v) is 4.90. The molecule has 0 radical (unpaired) electrons. The third-order valence-corrected chi connectivity index (χ3v) is 3.24. The van der Waals surface area contributed by atoms with Crippen LogP contribution in [0.25, 0.3) is 0 Å². The highest BCUT2D eigenvalue weighted by atomic mass is 79.9. The number of rotatable bonds is 2. The number of nitrogens with one attached hydrogen (secondary N) is 1. The number of amides is 1. The monoisotopic (exact) mass is 325 g/mol. The predicted molar refractivity (Wildman–Crippen MR) is 73.2 cm³/mol. The van der Waals surface area contributed by atoms with Crippen molar-refractivity contribution in [2.75, 3.05) is 5.32 Å². The molecule has 19 heavy (non-hydrogen) atoms. The van der Waals surface area contributed by atoms with Crippen LogP contribution in [-0.2, 0) is 0 Å². The first-order chi connectivity index (χ1) is 8.97. The van der Waals surface area contributed by atoms with Crippen LogP contribution in [0.5, 0.6) is 0 Å². The first-order valence-electron chi connectivity index (χ1n) is 5.50. The molecule has 0 aromatic heterocycles. The number of hydrogen-bond acceptors (Lipinski definition) is 1. The molecule has 5 heteroatoms. The molecule has 0 atom stereocenters. The molecule has 98 valence electrons. The van der Waals surface area contributed by atoms with Gasteiger partial charge in [-0.1, -0.05) is 0 Å². The number of aryl methyl sites for hydroxylation is 1. The van der Waals surface area contributed by atoms with Gasteiger partial charge >= 0.3 is 0 Å². The molecule has 0 fully saturated rings. The summed E-state index contributed by atoms with van der Waals surface area (Å²) < 4.78 is 26.7. The zero-order chi connectivity index (χ0) is 14.0. The Balaban J connectivity index is 2.20. The number of carbonyl (C=O) groups excluding carboxylic acids is 1. The van der Waals surface area contributed by atoms with Gasteiger partial charge in [0.05, 0.1) is 4.47 Å². The smallest absolute Gasteiger partial charge is 0.255 e. The Kier molecular flexibility index (Phi) is 3.95. The highest BCUT2D eigenvalue weighted by Gasteiger charge is 2.09. The third-order valence-electron chi connectivity index (χ3n) is 2.60. The lowest BCUT2D eigenvalue weighted by molar-refractivity contribution is 0.102. The van der Waals surface area contributed by atoms with Gasteiger partial charge in [0.25, 0.3) is 5.91 Å². The van der Waals surface area contributed by atoms with Gasteiger partial charge in [-0.2, -0.15) is 0 Å². The number of benzene rings is 2. The average molecular weight is 326 g/mol. The number of anilines is 1. The predicted octanol–water partition coefficient (Wildman–Crippen LogP) is 4.29. The largest absolute Gasteiger partial charge is 0.322 e. The molecule has 0 unspecified atom stereocenters. The topological polar surface area (TPSA) is 29.1 Å². The molecule has 0 saturated carbocycles. The van der Waals surface area contributed by atoms with E-state index in [9.17, 15) is 13.6 Å². The van der Waals surface area contributed by atoms with Crippen molar-refractivity contribution in [3.8, 4) is 0 Å². The molecule has 2 aromatic rings. The maximum atomic E-state index is 13.3. The lowest BCUT2D eigenvalue weighted by atomic mass is 10.1. The van der Waals surface area contributed by atoms with E-state index < -0.39 is 11.7 Å². The molecule has 0 aliphatic heterocycles. The lowest BCUT2D eigenvalue weighted by Crippen LogP contribution is -2.12. The molecule has 0 spiro atoms. The second kappa shape index (κ2) is 5.48. The minimum atomic E-state index is -0.465. The van der Waals surface area contributed by atoms with Gasteiger partial charge in [0.15, 0.2) is 0 Å². The van der Waals surface area contributed by atoms with Crippen LogP contribution in [0.15, 0.2) is 40.9 Å². The summed E-state index contributed by atoms with van der Waals surface area (Å²) in [4.78, 5) is 11.9. The van der Waals surface area contributed by atoms with Gasteiger partial charge in [0, 0.05) is 11.3 Å². The summed E-state index contributed by atoms with van der Waals surface area (Å²) in [5, 5.41) is 2.55. The summed E-state index contributed by atoms with van der Waals surface area (Å²) in [6.07, 6.45) is 0. The standard InChI is InChI=1S/C14H10BrF2NO/c1-8-6-9(2-5-12(8)16)14(19)18-10-3-4-11(15)13(17)7-10/h2-7H,1H3,(H,18,19). The molecule has 0 bridgehead atoms. The van der Waals surface area contributed by atoms with Crippen molar-refractivity contribution in [3.05, 3.63) is 63.6 Å². The quantitative estimate of drug-likeness (QED) is 0.876. The van der Waals surface area contributed by atoms with Gasteiger partial charge in [-0.3, -0.25) is 4.79 Å². The van der Waals surface area contributed by atoms with Gasteiger partial charge in [0.2, 0.25) is 0 Å². The first kappa shape index (κ1) is 13.7. The van der Waals surface area contributed by atoms with E-state index in [4.69, 9.17) is 0 Å². The van der Waals surface area contributed by atoms with Gasteiger partial charge < -0.3 is 5.32 Å². The van der Waals surface area contributed by atoms with Crippen molar-refractivity contribution >= 4 is 27.5 Å². The molecular formula is C14H10BrF2NO. The Hall–Kier alpha value is -1.75. The molecule has 1 amide bonds. The Bertz CT molecular complexity index is 643. The molecule has 2 rings (SSSR count). The van der Waals surface area contributed by atoms with Gasteiger partial charge in [-0.05, 0) is 64.8 Å². The zero-order valence-electron chi connectivity index (χ0n) is 10.0. The average Bonchev–Trinajstić information content (AvgIpc) is 2.37. The van der Waals surface area contributed by atoms with E-state index in [1.54, 1.807) is 13.0 Å². The van der Waals surface area contributed by atoms with Gasteiger partial charge in [-0.15, -0.1) is 0 Å². The maximum absolute atomic E-state index is 13.3. The minimum absolute atomic E-state index is 0.322. The van der Waals surface area contributed by atoms with E-state index in [2.05, 4.69) is 21.2 Å². The van der Waals surface area contributed by atoms with Crippen LogP contribution >= 0.6 is 15.9 Å². The van der Waals surface area contributed by atoms with Crippen LogP contribution in [0.3, 0.4) is 0 Å². The van der Waals surface area contributed by atoms with Crippen molar-refractivity contribution in [2.24, 2.45) is 0 Å². The van der Waals surface area contributed by atoms with Crippen LogP contribution in [0.2, 0.25) is 0 Å². The molecule has 2 aromatic carbocycles. The van der Waals surface area contributed by atoms with E-state index in [0.29, 0.717) is 21.3 Å². The van der Waals surface area contributed by atoms with E-state index >= 15 is 0 Å². The third kappa shape index (κ3) is 3.17. The highest BCUT2D eigenvalue weighted by Crippen LogP contribution is 2.20. The molecule has 0 saturated heterocycles. The number of halogens is 3. The van der Waals surface area contributed by atoms with Crippen molar-refractivity contribution < 1.29 is 13.6 Å².